The van der Waals surface area contributed by atoms with E-state index < -0.39 is 0 Å². The number of rotatable bonds is 11. The molecule has 1 aliphatic rings. The normalized spacial score (nSPS) is 20.0. The molecule has 4 heteroatoms. The molecule has 1 aromatic rings. The molecule has 0 radical (unpaired) electrons. The van der Waals surface area contributed by atoms with Gasteiger partial charge in [-0.1, -0.05) is 0 Å². The summed E-state index contributed by atoms with van der Waals surface area (Å²) in [6, 6.07) is 12.0. The van der Waals surface area contributed by atoms with Crippen molar-refractivity contribution in [2.45, 2.75) is 76.2 Å². The maximum absolute atomic E-state index is 11.7. The van der Waals surface area contributed by atoms with Crippen molar-refractivity contribution in [2.75, 3.05) is 6.61 Å². The van der Waals surface area contributed by atoms with Crippen LogP contribution in [0.15, 0.2) is 42.6 Å². The van der Waals surface area contributed by atoms with Crippen molar-refractivity contribution in [3.63, 3.8) is 0 Å². The van der Waals surface area contributed by atoms with Crippen molar-refractivity contribution in [3.8, 4) is 0 Å². The Morgan fingerprint density at radius 2 is 1.85 bits per heavy atom. The number of benzene rings is 1. The van der Waals surface area contributed by atoms with Crippen LogP contribution < -0.4 is 4.46 Å². The molecule has 0 spiro atoms. The molecular weight excluding hydrogens is 389 g/mol. The van der Waals surface area contributed by atoms with Crippen molar-refractivity contribution in [3.05, 3.63) is 42.6 Å². The predicted molar refractivity (Wildman–Crippen MR) is 110 cm³/mol. The van der Waals surface area contributed by atoms with E-state index in [-0.39, 0.29) is 5.97 Å². The number of esters is 1. The van der Waals surface area contributed by atoms with E-state index >= 15 is 0 Å². The zero-order chi connectivity index (χ0) is 18.6. The molecule has 0 aromatic heterocycles. The quantitative estimate of drug-likeness (QED) is 0.230. The summed E-state index contributed by atoms with van der Waals surface area (Å²) in [5.74, 6) is -0.222. The average Bonchev–Trinajstić information content (AvgIpc) is 3.04. The molecule has 2 atom stereocenters. The molecule has 1 heterocycles. The summed E-state index contributed by atoms with van der Waals surface area (Å²) in [5, 5.41) is 1.29. The molecule has 0 N–H and O–H groups in total. The number of hydrogen-bond acceptors (Lipinski definition) is 3. The molecule has 1 saturated heterocycles. The van der Waals surface area contributed by atoms with Crippen LogP contribution in [-0.4, -0.2) is 44.5 Å². The van der Waals surface area contributed by atoms with Gasteiger partial charge in [-0.3, -0.25) is 0 Å². The van der Waals surface area contributed by atoms with Gasteiger partial charge in [0.2, 0.25) is 0 Å². The first kappa shape index (κ1) is 21.1. The van der Waals surface area contributed by atoms with Gasteiger partial charge < -0.3 is 0 Å². The molecule has 0 unspecified atom stereocenters. The second-order valence-electron chi connectivity index (χ2n) is 6.85. The fourth-order valence-electron chi connectivity index (χ4n) is 3.61. The third-order valence-corrected chi connectivity index (χ3v) is 7.23. The van der Waals surface area contributed by atoms with E-state index in [2.05, 4.69) is 42.2 Å². The van der Waals surface area contributed by atoms with Crippen LogP contribution >= 0.6 is 0 Å². The van der Waals surface area contributed by atoms with Gasteiger partial charge >= 0.3 is 165 Å². The van der Waals surface area contributed by atoms with E-state index in [1.165, 1.54) is 54.7 Å². The van der Waals surface area contributed by atoms with Crippen LogP contribution in [0.3, 0.4) is 0 Å². The summed E-state index contributed by atoms with van der Waals surface area (Å²) in [6.45, 7) is 4.53. The van der Waals surface area contributed by atoms with E-state index in [9.17, 15) is 4.79 Å². The van der Waals surface area contributed by atoms with Gasteiger partial charge in [0.05, 0.1) is 0 Å². The van der Waals surface area contributed by atoms with Crippen LogP contribution in [0.5, 0.6) is 0 Å². The number of carbonyl (C=O) groups is 1. The summed E-state index contributed by atoms with van der Waals surface area (Å²) in [6.07, 6.45) is 12.4. The Morgan fingerprint density at radius 3 is 2.50 bits per heavy atom. The fraction of sp³-hybridized carbons (Fsp3) is 0.591. The molecule has 0 amide bonds. The average molecular weight is 422 g/mol. The Balaban J connectivity index is 1.84. The first-order valence-electron chi connectivity index (χ1n) is 10.0. The third-order valence-electron chi connectivity index (χ3n) is 4.93. The van der Waals surface area contributed by atoms with Gasteiger partial charge in [-0.15, -0.1) is 0 Å². The van der Waals surface area contributed by atoms with Crippen LogP contribution in [0.4, 0.5) is 0 Å². The zero-order valence-corrected chi connectivity index (χ0v) is 17.9. The van der Waals surface area contributed by atoms with E-state index in [0.717, 1.165) is 0 Å². The number of carbonyl (C=O) groups excluding carboxylic acids is 1. The first-order valence-corrected chi connectivity index (χ1v) is 12.1. The summed E-state index contributed by atoms with van der Waals surface area (Å²) in [5.41, 5.74) is 0. The molecule has 1 aliphatic heterocycles. The Labute approximate surface area is 165 Å². The van der Waals surface area contributed by atoms with E-state index in [1.807, 2.05) is 13.1 Å². The molecule has 0 aliphatic carbocycles. The summed E-state index contributed by atoms with van der Waals surface area (Å²) in [4.78, 5) is 14.2. The molecule has 26 heavy (non-hydrogen) atoms. The molecule has 1 aromatic carbocycles. The molecule has 2 rings (SSSR count). The van der Waals surface area contributed by atoms with Crippen LogP contribution in [0.2, 0.25) is 5.32 Å². The zero-order valence-electron chi connectivity index (χ0n) is 16.2. The van der Waals surface area contributed by atoms with E-state index in [0.29, 0.717) is 33.6 Å². The van der Waals surface area contributed by atoms with Gasteiger partial charge in [0, 0.05) is 0 Å². The number of unbranched alkanes of at least 4 members (excludes halogenated alkanes) is 1. The van der Waals surface area contributed by atoms with Gasteiger partial charge in [-0.05, 0) is 0 Å². The topological polar surface area (TPSA) is 29.5 Å². The monoisotopic (exact) mass is 423 g/mol. The van der Waals surface area contributed by atoms with Crippen molar-refractivity contribution >= 4 is 25.4 Å². The number of hydrogen-bond donors (Lipinski definition) is 0. The molecule has 0 saturated carbocycles. The minimum absolute atomic E-state index is 0.222. The van der Waals surface area contributed by atoms with Crippen LogP contribution in [0.1, 0.15) is 58.8 Å². The van der Waals surface area contributed by atoms with Crippen molar-refractivity contribution in [2.24, 2.45) is 0 Å². The molecule has 3 nitrogen and oxygen atoms in total. The van der Waals surface area contributed by atoms with E-state index in [1.54, 1.807) is 6.08 Å². The van der Waals surface area contributed by atoms with Gasteiger partial charge in [0.15, 0.2) is 0 Å². The first-order chi connectivity index (χ1) is 12.7. The Bertz CT molecular complexity index is 546. The standard InChI is InChI=1S/C22H33NO2Se/c1-3-5-10-19-14-15-20(23(19)17-16-22(24)25-4-2)11-9-18-26-21-12-7-6-8-13-21/h6-8,12-13,16-17,19-20H,3-5,9-11,14-15,18H2,1-2H3/b17-16+/t19-,20+/m1/s1. The van der Waals surface area contributed by atoms with Crippen LogP contribution in [-0.2, 0) is 9.53 Å². The van der Waals surface area contributed by atoms with Crippen LogP contribution in [0, 0.1) is 0 Å². The van der Waals surface area contributed by atoms with Gasteiger partial charge in [-0.2, -0.15) is 0 Å². The molecule has 0 bridgehead atoms. The van der Waals surface area contributed by atoms with Crippen molar-refractivity contribution in [1.82, 2.24) is 4.90 Å². The second kappa shape index (κ2) is 12.2. The molecule has 1 fully saturated rings. The summed E-state index contributed by atoms with van der Waals surface area (Å²) in [7, 11) is 0. The van der Waals surface area contributed by atoms with Gasteiger partial charge in [0.1, 0.15) is 0 Å². The van der Waals surface area contributed by atoms with Crippen molar-refractivity contribution in [1.29, 1.82) is 0 Å². The predicted octanol–water partition coefficient (Wildman–Crippen LogP) is 4.31. The maximum atomic E-state index is 11.7. The van der Waals surface area contributed by atoms with Gasteiger partial charge in [-0.25, -0.2) is 0 Å². The second-order valence-corrected chi connectivity index (χ2v) is 9.30. The third kappa shape index (κ3) is 7.17. The summed E-state index contributed by atoms with van der Waals surface area (Å²) >= 11 is 0.576. The Morgan fingerprint density at radius 1 is 1.15 bits per heavy atom. The van der Waals surface area contributed by atoms with E-state index in [4.69, 9.17) is 4.74 Å². The number of likely N-dealkylation sites (tertiary alicyclic amines) is 1. The van der Waals surface area contributed by atoms with Gasteiger partial charge in [0.25, 0.3) is 0 Å². The molecule has 144 valence electrons. The van der Waals surface area contributed by atoms with Crippen molar-refractivity contribution < 1.29 is 9.53 Å². The SMILES string of the molecule is CCCC[C@@H]1CC[C@H](CCC[Se]c2ccccc2)N1/C=C/C(=O)OCC. The summed E-state index contributed by atoms with van der Waals surface area (Å²) < 4.78 is 6.54. The molecular formula is C22H33NO2Se. The fourth-order valence-corrected chi connectivity index (χ4v) is 5.49. The minimum atomic E-state index is -0.222. The number of nitrogens with zero attached hydrogens (tertiary/aromatic N) is 1. The van der Waals surface area contributed by atoms with Crippen LogP contribution in [0.25, 0.3) is 0 Å². The Kier molecular flexibility index (Phi) is 9.87. The number of ether oxygens (including phenoxy) is 1. The Hall–Kier alpha value is -1.25.